The first-order valence-electron chi connectivity index (χ1n) is 10.7. The third kappa shape index (κ3) is 5.48. The lowest BCUT2D eigenvalue weighted by atomic mass is 10.1. The average Bonchev–Trinajstić information content (AvgIpc) is 3.27. The molecule has 1 aliphatic heterocycles. The van der Waals surface area contributed by atoms with Crippen LogP contribution in [0.3, 0.4) is 0 Å². The molecule has 2 aliphatic rings. The van der Waals surface area contributed by atoms with Crippen molar-refractivity contribution in [1.82, 2.24) is 10.3 Å². The second-order valence-electron chi connectivity index (χ2n) is 8.18. The van der Waals surface area contributed by atoms with Crippen LogP contribution >= 0.6 is 0 Å². The number of anilines is 1. The summed E-state index contributed by atoms with van der Waals surface area (Å²) in [6.45, 7) is 1.40. The smallest absolute Gasteiger partial charge is 0.416 e. The zero-order chi connectivity index (χ0) is 21.8. The molecule has 166 valence electrons. The second kappa shape index (κ2) is 9.16. The molecule has 1 aromatic heterocycles. The highest BCUT2D eigenvalue weighted by Crippen LogP contribution is 2.31. The van der Waals surface area contributed by atoms with Crippen molar-refractivity contribution in [3.05, 3.63) is 53.9 Å². The lowest BCUT2D eigenvalue weighted by Gasteiger charge is -2.33. The van der Waals surface area contributed by atoms with Gasteiger partial charge in [0.05, 0.1) is 11.8 Å². The first kappa shape index (κ1) is 21.5. The molecule has 0 bridgehead atoms. The molecule has 4 rings (SSSR count). The number of amides is 1. The first-order valence-corrected chi connectivity index (χ1v) is 10.7. The van der Waals surface area contributed by atoms with Crippen LogP contribution in [0.1, 0.15) is 54.6 Å². The third-order valence-corrected chi connectivity index (χ3v) is 5.96. The van der Waals surface area contributed by atoms with Crippen LogP contribution in [0.15, 0.2) is 42.6 Å². The summed E-state index contributed by atoms with van der Waals surface area (Å²) in [5.74, 6) is 0.466. The minimum atomic E-state index is -4.32. The summed E-state index contributed by atoms with van der Waals surface area (Å²) in [6.07, 6.45) is 3.13. The van der Waals surface area contributed by atoms with Gasteiger partial charge < -0.3 is 15.0 Å². The number of piperidine rings is 1. The summed E-state index contributed by atoms with van der Waals surface area (Å²) in [6, 6.07) is 8.96. The van der Waals surface area contributed by atoms with Crippen molar-refractivity contribution in [2.45, 2.75) is 56.8 Å². The van der Waals surface area contributed by atoms with E-state index in [2.05, 4.69) is 15.2 Å². The van der Waals surface area contributed by atoms with Crippen molar-refractivity contribution in [3.8, 4) is 5.75 Å². The minimum absolute atomic E-state index is 0.00524. The zero-order valence-corrected chi connectivity index (χ0v) is 17.2. The minimum Gasteiger partial charge on any atom is -0.489 e. The molecule has 1 aliphatic carbocycles. The maximum absolute atomic E-state index is 12.7. The van der Waals surface area contributed by atoms with Crippen LogP contribution in [-0.4, -0.2) is 36.1 Å². The van der Waals surface area contributed by atoms with Gasteiger partial charge in [-0.1, -0.05) is 12.8 Å². The van der Waals surface area contributed by atoms with Gasteiger partial charge in [-0.05, 0) is 49.2 Å². The Morgan fingerprint density at radius 3 is 2.26 bits per heavy atom. The highest BCUT2D eigenvalue weighted by Gasteiger charge is 2.30. The van der Waals surface area contributed by atoms with E-state index in [0.29, 0.717) is 24.5 Å². The number of alkyl halides is 3. The van der Waals surface area contributed by atoms with Gasteiger partial charge in [-0.15, -0.1) is 0 Å². The number of nitrogens with one attached hydrogen (secondary N) is 1. The van der Waals surface area contributed by atoms with E-state index in [9.17, 15) is 18.0 Å². The van der Waals surface area contributed by atoms with E-state index in [-0.39, 0.29) is 18.1 Å². The Labute approximate surface area is 179 Å². The number of aromatic nitrogens is 1. The highest BCUT2D eigenvalue weighted by atomic mass is 19.4. The lowest BCUT2D eigenvalue weighted by Crippen LogP contribution is -2.38. The van der Waals surface area contributed by atoms with Gasteiger partial charge in [0, 0.05) is 37.7 Å². The average molecular weight is 433 g/mol. The number of carbonyl (C=O) groups excluding carboxylic acids is 1. The Bertz CT molecular complexity index is 870. The fraction of sp³-hybridized carbons (Fsp3) is 0.478. The van der Waals surface area contributed by atoms with Crippen molar-refractivity contribution in [3.63, 3.8) is 0 Å². The first-order chi connectivity index (χ1) is 14.9. The van der Waals surface area contributed by atoms with Crippen LogP contribution in [0.25, 0.3) is 0 Å². The number of carbonyl (C=O) groups is 1. The predicted octanol–water partition coefficient (Wildman–Crippen LogP) is 4.82. The molecule has 1 aromatic carbocycles. The van der Waals surface area contributed by atoms with Gasteiger partial charge in [0.2, 0.25) is 0 Å². The normalized spacial score (nSPS) is 18.2. The van der Waals surface area contributed by atoms with E-state index in [4.69, 9.17) is 4.74 Å². The van der Waals surface area contributed by atoms with Crippen LogP contribution in [0, 0.1) is 0 Å². The summed E-state index contributed by atoms with van der Waals surface area (Å²) in [7, 11) is 0. The molecule has 5 nitrogen and oxygen atoms in total. The van der Waals surface area contributed by atoms with Crippen LogP contribution in [0.5, 0.6) is 5.75 Å². The van der Waals surface area contributed by atoms with Crippen molar-refractivity contribution in [2.24, 2.45) is 0 Å². The Kier molecular flexibility index (Phi) is 6.34. The Morgan fingerprint density at radius 1 is 1.00 bits per heavy atom. The number of benzene rings is 1. The van der Waals surface area contributed by atoms with Gasteiger partial charge in [-0.2, -0.15) is 13.2 Å². The molecular formula is C23H26F3N3O2. The third-order valence-electron chi connectivity index (χ3n) is 5.96. The fourth-order valence-corrected chi connectivity index (χ4v) is 4.20. The Morgan fingerprint density at radius 2 is 1.68 bits per heavy atom. The molecule has 1 saturated heterocycles. The Hall–Kier alpha value is -2.77. The molecule has 1 N–H and O–H groups in total. The highest BCUT2D eigenvalue weighted by molar-refractivity contribution is 5.92. The monoisotopic (exact) mass is 433 g/mol. The molecule has 0 atom stereocenters. The topological polar surface area (TPSA) is 54.5 Å². The number of rotatable bonds is 5. The molecule has 0 spiro atoms. The van der Waals surface area contributed by atoms with Gasteiger partial charge in [0.1, 0.15) is 17.5 Å². The molecule has 1 saturated carbocycles. The zero-order valence-electron chi connectivity index (χ0n) is 17.2. The quantitative estimate of drug-likeness (QED) is 0.735. The van der Waals surface area contributed by atoms with Gasteiger partial charge in [0.15, 0.2) is 0 Å². The van der Waals surface area contributed by atoms with E-state index in [1.807, 2.05) is 0 Å². The summed E-state index contributed by atoms with van der Waals surface area (Å²) in [5, 5.41) is 3.02. The van der Waals surface area contributed by atoms with Crippen LogP contribution in [0.2, 0.25) is 0 Å². The molecule has 0 radical (unpaired) electrons. The van der Waals surface area contributed by atoms with Crippen molar-refractivity contribution in [1.29, 1.82) is 0 Å². The molecule has 2 fully saturated rings. The van der Waals surface area contributed by atoms with E-state index in [0.717, 1.165) is 56.3 Å². The van der Waals surface area contributed by atoms with Crippen LogP contribution in [0.4, 0.5) is 18.9 Å². The van der Waals surface area contributed by atoms with E-state index in [1.165, 1.54) is 12.1 Å². The standard InChI is InChI=1S/C23H26F3N3O2/c24-23(25,26)16-5-7-18(8-6-16)29-13-11-19(12-14-29)31-20-9-10-21(27-15-20)22(30)28-17-3-1-2-4-17/h5-10,15,17,19H,1-4,11-14H2,(H,28,30). The van der Waals surface area contributed by atoms with E-state index < -0.39 is 11.7 Å². The van der Waals surface area contributed by atoms with Gasteiger partial charge in [-0.25, -0.2) is 4.98 Å². The Balaban J connectivity index is 1.26. The van der Waals surface area contributed by atoms with E-state index >= 15 is 0 Å². The largest absolute Gasteiger partial charge is 0.489 e. The number of halogens is 3. The second-order valence-corrected chi connectivity index (χ2v) is 8.18. The summed E-state index contributed by atoms with van der Waals surface area (Å²) >= 11 is 0. The summed E-state index contributed by atoms with van der Waals surface area (Å²) in [4.78, 5) is 18.6. The molecule has 8 heteroatoms. The number of hydrogen-bond acceptors (Lipinski definition) is 4. The fourth-order valence-electron chi connectivity index (χ4n) is 4.20. The SMILES string of the molecule is O=C(NC1CCCC1)c1ccc(OC2CCN(c3ccc(C(F)(F)F)cc3)CC2)cn1. The predicted molar refractivity (Wildman–Crippen MR) is 111 cm³/mol. The molecule has 2 aromatic rings. The van der Waals surface area contributed by atoms with Crippen molar-refractivity contribution in [2.75, 3.05) is 18.0 Å². The lowest BCUT2D eigenvalue weighted by molar-refractivity contribution is -0.137. The van der Waals surface area contributed by atoms with Crippen molar-refractivity contribution < 1.29 is 22.7 Å². The van der Waals surface area contributed by atoms with Gasteiger partial charge >= 0.3 is 6.18 Å². The summed E-state index contributed by atoms with van der Waals surface area (Å²) in [5.41, 5.74) is 0.532. The van der Waals surface area contributed by atoms with E-state index in [1.54, 1.807) is 18.3 Å². The molecule has 0 unspecified atom stereocenters. The van der Waals surface area contributed by atoms with Crippen LogP contribution < -0.4 is 15.0 Å². The maximum Gasteiger partial charge on any atom is 0.416 e. The van der Waals surface area contributed by atoms with Gasteiger partial charge in [0.25, 0.3) is 5.91 Å². The molecule has 2 heterocycles. The van der Waals surface area contributed by atoms with Crippen molar-refractivity contribution >= 4 is 11.6 Å². The molecule has 1 amide bonds. The number of pyridine rings is 1. The number of nitrogens with zero attached hydrogens (tertiary/aromatic N) is 2. The maximum atomic E-state index is 12.7. The van der Waals surface area contributed by atoms with Crippen LogP contribution in [-0.2, 0) is 6.18 Å². The molecular weight excluding hydrogens is 407 g/mol. The summed E-state index contributed by atoms with van der Waals surface area (Å²) < 4.78 is 44.2. The van der Waals surface area contributed by atoms with Gasteiger partial charge in [-0.3, -0.25) is 4.79 Å². The molecule has 31 heavy (non-hydrogen) atoms. The number of hydrogen-bond donors (Lipinski definition) is 1. The number of ether oxygens (including phenoxy) is 1.